The number of hydrogen-bond acceptors (Lipinski definition) is 18. The van der Waals surface area contributed by atoms with Gasteiger partial charge in [0.05, 0.1) is 0 Å². The van der Waals surface area contributed by atoms with Gasteiger partial charge in [0.2, 0.25) is 0 Å². The fourth-order valence-electron chi connectivity index (χ4n) is 20.2. The second-order valence-electron chi connectivity index (χ2n) is 41.0. The van der Waals surface area contributed by atoms with E-state index in [2.05, 4.69) is 190 Å². The van der Waals surface area contributed by atoms with Gasteiger partial charge in [-0.3, -0.25) is 4.90 Å². The van der Waals surface area contributed by atoms with Crippen molar-refractivity contribution in [3.63, 3.8) is 0 Å². The molecule has 4 aliphatic rings. The van der Waals surface area contributed by atoms with Crippen molar-refractivity contribution in [2.75, 3.05) is 216 Å². The summed E-state index contributed by atoms with van der Waals surface area (Å²) in [6.07, 6.45) is 80.3. The number of fused-ring (bicyclic) bond motifs is 4. The minimum Gasteiger partial charge on any atom is -0.330 e. The number of nitrogens with one attached hydrogen (secondary N) is 7. The van der Waals surface area contributed by atoms with E-state index >= 15 is 0 Å². The molecule has 3 saturated heterocycles. The van der Waals surface area contributed by atoms with Gasteiger partial charge < -0.3 is 91.2 Å². The maximum Gasteiger partial charge on any atom is 0.0245 e. The van der Waals surface area contributed by atoms with Crippen molar-refractivity contribution in [2.24, 2.45) is 34.4 Å². The average Bonchev–Trinajstić information content (AvgIpc) is 0.799. The van der Waals surface area contributed by atoms with Crippen molar-refractivity contribution in [3.8, 4) is 0 Å². The molecule has 0 radical (unpaired) electrons. The molecule has 6 aromatic carbocycles. The second kappa shape index (κ2) is 94.4. The molecule has 0 saturated carbocycles. The third-order valence-corrected chi connectivity index (χ3v) is 28.8. The molecule has 796 valence electrons. The van der Waals surface area contributed by atoms with E-state index in [0.29, 0.717) is 0 Å². The molecule has 0 bridgehead atoms. The molecule has 139 heavy (non-hydrogen) atoms. The average molecular weight is 1930 g/mol. The number of hydrogen-bond donors (Lipinski definition) is 13. The normalized spacial score (nSPS) is 17.5. The summed E-state index contributed by atoms with van der Waals surface area (Å²) in [5.74, 6) is 0. The number of benzene rings is 6. The monoisotopic (exact) mass is 1930 g/mol. The largest absolute Gasteiger partial charge is 0.330 e. The number of allylic oxidation sites excluding steroid dienone is 2. The van der Waals surface area contributed by atoms with Gasteiger partial charge in [0.25, 0.3) is 0 Å². The Morgan fingerprint density at radius 3 is 0.719 bits per heavy atom. The summed E-state index contributed by atoms with van der Waals surface area (Å²) in [6.45, 7) is 40.7. The van der Waals surface area contributed by atoms with Gasteiger partial charge >= 0.3 is 0 Å². The zero-order chi connectivity index (χ0) is 98.4. The summed E-state index contributed by atoms with van der Waals surface area (Å²) < 4.78 is 0. The van der Waals surface area contributed by atoms with Crippen molar-refractivity contribution in [1.29, 1.82) is 0 Å². The minimum absolute atomic E-state index is 0.763. The Hall–Kier alpha value is -4.62. The van der Waals surface area contributed by atoms with E-state index in [1.54, 1.807) is 0 Å². The highest BCUT2D eigenvalue weighted by Gasteiger charge is 2.16. The minimum atomic E-state index is 0.763. The van der Waals surface area contributed by atoms with Crippen LogP contribution in [-0.4, -0.2) is 240 Å². The molecule has 10 rings (SSSR count). The van der Waals surface area contributed by atoms with Crippen LogP contribution >= 0.6 is 0 Å². The summed E-state index contributed by atoms with van der Waals surface area (Å²) in [5.41, 5.74) is 36.0. The molecule has 0 aromatic heterocycles. The third-order valence-electron chi connectivity index (χ3n) is 28.8. The molecule has 4 heterocycles. The van der Waals surface area contributed by atoms with Crippen LogP contribution in [0.1, 0.15) is 371 Å². The van der Waals surface area contributed by atoms with Gasteiger partial charge in [0.15, 0.2) is 0 Å². The maximum atomic E-state index is 5.54. The summed E-state index contributed by atoms with van der Waals surface area (Å²) in [4.78, 5) is 13.4. The van der Waals surface area contributed by atoms with Crippen LogP contribution in [-0.2, 0) is 13.1 Å². The molecule has 18 nitrogen and oxygen atoms in total. The standard InChI is InChI=1S/C23H31N3.C21H27N3.C20H43N3.C20H41N3.C19H41N3.C18H39N3/c1-2-26(16-8-15-25-14-7-13-24)18-23-21-11-5-3-9-19(21)17-20-10-4-6-12-22(20)23;22-11-5-12-23-13-6-14-24-16-21-19-9-3-1-7-17(19)15-18-8-2-4-10-20(18)21;2*21-15-13-16-22-17-14-20-23-18-11-9-7-5-3-1-2-4-6-8-10-12-19-23;20-14-12-15-21-16-13-19-22-17-10-8-6-4-2-1-3-5-7-9-11-18-22;19-13-11-14-20-15-12-18-21-16-9-7-5-3-1-2-4-6-8-10-17-21/h3-6,9-12,17,25H,2,7-8,13-16,18,24H2,1H3;1-4,7-10,15,23-24H,5-6,11-14,16,22H2;22H,1-21H2;5,7,22H,1-4,6,8-21H2;21H,1-20H2;20H,1-19H2/b;;;7-5-;;. The topological polar surface area (TPSA) is 257 Å². The Balaban J connectivity index is 0.000000295. The Bertz CT molecular complexity index is 3500. The number of nitrogens with zero attached hydrogens (tertiary/aromatic N) is 5. The molecule has 0 atom stereocenters. The molecule has 4 aliphatic heterocycles. The van der Waals surface area contributed by atoms with Crippen molar-refractivity contribution < 1.29 is 0 Å². The predicted octanol–water partition coefficient (Wildman–Crippen LogP) is 23.4. The first-order chi connectivity index (χ1) is 69.0. The highest BCUT2D eigenvalue weighted by molar-refractivity contribution is 6.03. The molecule has 6 aromatic rings. The van der Waals surface area contributed by atoms with Crippen LogP contribution < -0.4 is 71.6 Å². The molecule has 19 N–H and O–H groups in total. The van der Waals surface area contributed by atoms with Gasteiger partial charge in [-0.25, -0.2) is 0 Å². The van der Waals surface area contributed by atoms with Gasteiger partial charge in [0, 0.05) is 13.1 Å². The van der Waals surface area contributed by atoms with Crippen molar-refractivity contribution in [1.82, 2.24) is 61.7 Å². The third kappa shape index (κ3) is 67.7. The van der Waals surface area contributed by atoms with Crippen molar-refractivity contribution in [2.45, 2.75) is 373 Å². The molecule has 0 amide bonds. The molecule has 3 fully saturated rings. The van der Waals surface area contributed by atoms with E-state index in [9.17, 15) is 0 Å². The zero-order valence-electron chi connectivity index (χ0n) is 90.4. The molecule has 0 aliphatic carbocycles. The molecular formula is C121H222N18. The van der Waals surface area contributed by atoms with Gasteiger partial charge in [-0.15, -0.1) is 0 Å². The molecule has 0 unspecified atom stereocenters. The maximum absolute atomic E-state index is 5.54. The molecular weight excluding hydrogens is 1710 g/mol. The first-order valence-corrected chi connectivity index (χ1v) is 59.2. The fraction of sp³-hybridized carbons (Fsp3) is 0.752. The van der Waals surface area contributed by atoms with Crippen LogP contribution in [0.15, 0.2) is 121 Å². The summed E-state index contributed by atoms with van der Waals surface area (Å²) in [7, 11) is 0. The second-order valence-corrected chi connectivity index (χ2v) is 41.0. The lowest BCUT2D eigenvalue weighted by Gasteiger charge is -2.23. The van der Waals surface area contributed by atoms with Crippen LogP contribution in [0.4, 0.5) is 0 Å². The van der Waals surface area contributed by atoms with Gasteiger partial charge in [-0.05, 0) is 430 Å². The first kappa shape index (κ1) is 125. The lowest BCUT2D eigenvalue weighted by molar-refractivity contribution is 0.255. The lowest BCUT2D eigenvalue weighted by atomic mass is 9.96. The highest BCUT2D eigenvalue weighted by atomic mass is 15.1. The van der Waals surface area contributed by atoms with Crippen molar-refractivity contribution in [3.05, 3.63) is 132 Å². The Labute approximate surface area is 855 Å². The smallest absolute Gasteiger partial charge is 0.0245 e. The molecule has 0 spiro atoms. The van der Waals surface area contributed by atoms with Crippen LogP contribution in [0.3, 0.4) is 0 Å². The molecule has 18 heteroatoms. The lowest BCUT2D eigenvalue weighted by Crippen LogP contribution is -2.30. The van der Waals surface area contributed by atoms with Gasteiger partial charge in [-0.1, -0.05) is 322 Å². The van der Waals surface area contributed by atoms with E-state index in [1.807, 2.05) is 0 Å². The van der Waals surface area contributed by atoms with Gasteiger partial charge in [0.1, 0.15) is 0 Å². The zero-order valence-corrected chi connectivity index (χ0v) is 90.4. The van der Waals surface area contributed by atoms with E-state index in [4.69, 9.17) is 34.4 Å². The number of nitrogens with two attached hydrogens (primary N) is 6. The highest BCUT2D eigenvalue weighted by Crippen LogP contribution is 2.32. The van der Waals surface area contributed by atoms with E-state index in [0.717, 1.165) is 195 Å². The van der Waals surface area contributed by atoms with Crippen molar-refractivity contribution >= 4 is 43.1 Å². The first-order valence-electron chi connectivity index (χ1n) is 59.2. The quantitative estimate of drug-likeness (QED) is 0.00963. The number of rotatable bonds is 47. The Kier molecular flexibility index (Phi) is 84.8. The SMILES string of the molecule is CCN(CCCNCCCN)Cc1c2ccccc2cc2ccccc12.NCCCNCCCN1CCC/C=C\CCCCCCCCC1.NCCCNCCCN1CCCCCCCCCCCC1.NCCCNCCCN1CCCCCCCCCCCCC1.NCCCNCCCN1CCCCCCCCCCCCCC1.NCCCNCCCNCc1c2ccccc2cc2ccccc12. The predicted molar refractivity (Wildman–Crippen MR) is 616 cm³/mol. The summed E-state index contributed by atoms with van der Waals surface area (Å²) in [6, 6.07) is 39.5. The van der Waals surface area contributed by atoms with E-state index in [1.165, 1.54) is 441 Å². The van der Waals surface area contributed by atoms with Crippen LogP contribution in [0.2, 0.25) is 0 Å². The Morgan fingerprint density at radius 2 is 0.446 bits per heavy atom. The van der Waals surface area contributed by atoms with E-state index < -0.39 is 0 Å². The van der Waals surface area contributed by atoms with E-state index in [-0.39, 0.29) is 0 Å². The van der Waals surface area contributed by atoms with Crippen LogP contribution in [0.5, 0.6) is 0 Å². The summed E-state index contributed by atoms with van der Waals surface area (Å²) in [5, 5.41) is 35.3. The van der Waals surface area contributed by atoms with Crippen LogP contribution in [0.25, 0.3) is 43.1 Å². The van der Waals surface area contributed by atoms with Crippen LogP contribution in [0, 0.1) is 0 Å². The summed E-state index contributed by atoms with van der Waals surface area (Å²) >= 11 is 0. The fourth-order valence-corrected chi connectivity index (χ4v) is 20.2. The Morgan fingerprint density at radius 1 is 0.230 bits per heavy atom. The van der Waals surface area contributed by atoms with Gasteiger partial charge in [-0.2, -0.15) is 0 Å².